The van der Waals surface area contributed by atoms with E-state index >= 15 is 0 Å². The number of carbonyl (C=O) groups is 1. The summed E-state index contributed by atoms with van der Waals surface area (Å²) in [6.45, 7) is 1.86. The van der Waals surface area contributed by atoms with Crippen molar-refractivity contribution < 1.29 is 9.18 Å². The molecule has 92 valence electrons. The van der Waals surface area contributed by atoms with E-state index in [0.29, 0.717) is 10.6 Å². The highest BCUT2D eigenvalue weighted by Crippen LogP contribution is 2.20. The third kappa shape index (κ3) is 2.68. The first-order chi connectivity index (χ1) is 8.58. The van der Waals surface area contributed by atoms with Crippen molar-refractivity contribution in [1.29, 1.82) is 0 Å². The number of para-hydroxylation sites is 1. The van der Waals surface area contributed by atoms with Crippen LogP contribution in [-0.4, -0.2) is 5.91 Å². The Morgan fingerprint density at radius 1 is 1.22 bits per heavy atom. The standard InChI is InChI=1S/C14H11ClFNO/c1-9-6-7-11(15)10(8-9)14(18)17-13-5-3-2-4-12(13)16/h2-8H,1H3,(H,17,18). The number of amides is 1. The summed E-state index contributed by atoms with van der Waals surface area (Å²) in [6.07, 6.45) is 0. The highest BCUT2D eigenvalue weighted by atomic mass is 35.5. The summed E-state index contributed by atoms with van der Waals surface area (Å²) in [5, 5.41) is 2.84. The number of anilines is 1. The van der Waals surface area contributed by atoms with Gasteiger partial charge in [-0.05, 0) is 31.2 Å². The fourth-order valence-corrected chi connectivity index (χ4v) is 1.77. The van der Waals surface area contributed by atoms with Crippen molar-refractivity contribution in [3.05, 3.63) is 64.4 Å². The highest BCUT2D eigenvalue weighted by molar-refractivity contribution is 6.34. The lowest BCUT2D eigenvalue weighted by molar-refractivity contribution is 0.102. The lowest BCUT2D eigenvalue weighted by Gasteiger charge is -2.08. The molecule has 0 bridgehead atoms. The van der Waals surface area contributed by atoms with Crippen LogP contribution in [0, 0.1) is 12.7 Å². The topological polar surface area (TPSA) is 29.1 Å². The van der Waals surface area contributed by atoms with Gasteiger partial charge in [-0.3, -0.25) is 4.79 Å². The molecule has 18 heavy (non-hydrogen) atoms. The van der Waals surface area contributed by atoms with Crippen LogP contribution in [0.3, 0.4) is 0 Å². The van der Waals surface area contributed by atoms with E-state index in [1.54, 1.807) is 24.3 Å². The van der Waals surface area contributed by atoms with Crippen molar-refractivity contribution in [2.75, 3.05) is 5.32 Å². The zero-order chi connectivity index (χ0) is 13.1. The van der Waals surface area contributed by atoms with E-state index in [1.807, 2.05) is 13.0 Å². The first-order valence-corrected chi connectivity index (χ1v) is 5.78. The van der Waals surface area contributed by atoms with Gasteiger partial charge >= 0.3 is 0 Å². The maximum absolute atomic E-state index is 13.4. The highest BCUT2D eigenvalue weighted by Gasteiger charge is 2.12. The molecule has 2 aromatic carbocycles. The first kappa shape index (κ1) is 12.6. The van der Waals surface area contributed by atoms with Gasteiger partial charge in [0.25, 0.3) is 5.91 Å². The number of hydrogen-bond acceptors (Lipinski definition) is 1. The Labute approximate surface area is 109 Å². The molecule has 0 aliphatic carbocycles. The molecule has 0 aliphatic rings. The summed E-state index contributed by atoms with van der Waals surface area (Å²) in [6, 6.07) is 11.1. The SMILES string of the molecule is Cc1ccc(Cl)c(C(=O)Nc2ccccc2F)c1. The summed E-state index contributed by atoms with van der Waals surface area (Å²) in [5.74, 6) is -0.900. The van der Waals surface area contributed by atoms with Gasteiger partial charge in [0.2, 0.25) is 0 Å². The van der Waals surface area contributed by atoms with Gasteiger partial charge < -0.3 is 5.32 Å². The Bertz CT molecular complexity index is 598. The lowest BCUT2D eigenvalue weighted by atomic mass is 10.1. The Hall–Kier alpha value is -1.87. The molecule has 2 nitrogen and oxygen atoms in total. The molecule has 0 heterocycles. The Morgan fingerprint density at radius 3 is 2.67 bits per heavy atom. The quantitative estimate of drug-likeness (QED) is 0.870. The number of nitrogens with one attached hydrogen (secondary N) is 1. The van der Waals surface area contributed by atoms with Crippen LogP contribution in [0.1, 0.15) is 15.9 Å². The van der Waals surface area contributed by atoms with E-state index in [2.05, 4.69) is 5.32 Å². The molecule has 0 unspecified atom stereocenters. The molecule has 0 saturated carbocycles. The number of carbonyl (C=O) groups excluding carboxylic acids is 1. The predicted molar refractivity (Wildman–Crippen MR) is 70.5 cm³/mol. The van der Waals surface area contributed by atoms with Gasteiger partial charge in [0.1, 0.15) is 5.82 Å². The second-order valence-electron chi connectivity index (χ2n) is 3.92. The molecule has 0 saturated heterocycles. The minimum absolute atomic E-state index is 0.139. The summed E-state index contributed by atoms with van der Waals surface area (Å²) in [5.41, 5.74) is 1.39. The zero-order valence-corrected chi connectivity index (χ0v) is 10.5. The molecule has 1 amide bonds. The molecule has 4 heteroatoms. The van der Waals surface area contributed by atoms with Crippen LogP contribution < -0.4 is 5.32 Å². The van der Waals surface area contributed by atoms with Crippen molar-refractivity contribution in [2.24, 2.45) is 0 Å². The number of benzene rings is 2. The maximum Gasteiger partial charge on any atom is 0.257 e. The summed E-state index contributed by atoms with van der Waals surface area (Å²) < 4.78 is 13.4. The normalized spacial score (nSPS) is 10.2. The smallest absolute Gasteiger partial charge is 0.257 e. The second-order valence-corrected chi connectivity index (χ2v) is 4.32. The van der Waals surface area contributed by atoms with Crippen LogP contribution in [0.2, 0.25) is 5.02 Å². The fourth-order valence-electron chi connectivity index (χ4n) is 1.57. The van der Waals surface area contributed by atoms with Crippen LogP contribution in [0.4, 0.5) is 10.1 Å². The molecule has 0 fully saturated rings. The Kier molecular flexibility index (Phi) is 3.63. The van der Waals surface area contributed by atoms with Crippen molar-refractivity contribution in [3.8, 4) is 0 Å². The van der Waals surface area contributed by atoms with Crippen molar-refractivity contribution in [1.82, 2.24) is 0 Å². The molecule has 0 aromatic heterocycles. The van der Waals surface area contributed by atoms with Gasteiger partial charge in [-0.2, -0.15) is 0 Å². The van der Waals surface area contributed by atoms with Gasteiger partial charge in [0.05, 0.1) is 16.3 Å². The van der Waals surface area contributed by atoms with Gasteiger partial charge in [0, 0.05) is 0 Å². The van der Waals surface area contributed by atoms with Crippen LogP contribution in [0.5, 0.6) is 0 Å². The van der Waals surface area contributed by atoms with E-state index in [1.165, 1.54) is 12.1 Å². The van der Waals surface area contributed by atoms with Crippen LogP contribution in [0.25, 0.3) is 0 Å². The second kappa shape index (κ2) is 5.19. The molecular weight excluding hydrogens is 253 g/mol. The fraction of sp³-hybridized carbons (Fsp3) is 0.0714. The van der Waals surface area contributed by atoms with E-state index in [0.717, 1.165) is 5.56 Å². The van der Waals surface area contributed by atoms with E-state index in [-0.39, 0.29) is 5.69 Å². The van der Waals surface area contributed by atoms with Crippen LogP contribution >= 0.6 is 11.6 Å². The largest absolute Gasteiger partial charge is 0.319 e. The maximum atomic E-state index is 13.4. The van der Waals surface area contributed by atoms with E-state index in [9.17, 15) is 9.18 Å². The van der Waals surface area contributed by atoms with E-state index < -0.39 is 11.7 Å². The number of rotatable bonds is 2. The summed E-state index contributed by atoms with van der Waals surface area (Å²) >= 11 is 5.94. The van der Waals surface area contributed by atoms with E-state index in [4.69, 9.17) is 11.6 Å². The molecule has 0 atom stereocenters. The molecule has 2 rings (SSSR count). The van der Waals surface area contributed by atoms with Crippen molar-refractivity contribution in [3.63, 3.8) is 0 Å². The average Bonchev–Trinajstić information content (AvgIpc) is 2.35. The first-order valence-electron chi connectivity index (χ1n) is 5.40. The zero-order valence-electron chi connectivity index (χ0n) is 9.71. The third-order valence-electron chi connectivity index (χ3n) is 2.49. The van der Waals surface area contributed by atoms with Gasteiger partial charge in [-0.25, -0.2) is 4.39 Å². The van der Waals surface area contributed by atoms with Gasteiger partial charge in [-0.15, -0.1) is 0 Å². The van der Waals surface area contributed by atoms with Crippen molar-refractivity contribution in [2.45, 2.75) is 6.92 Å². The Morgan fingerprint density at radius 2 is 1.94 bits per heavy atom. The lowest BCUT2D eigenvalue weighted by Crippen LogP contribution is -2.13. The van der Waals surface area contributed by atoms with Crippen molar-refractivity contribution >= 4 is 23.2 Å². The minimum atomic E-state index is -0.477. The number of halogens is 2. The summed E-state index contributed by atoms with van der Waals surface area (Å²) in [4.78, 5) is 12.0. The molecule has 0 radical (unpaired) electrons. The minimum Gasteiger partial charge on any atom is -0.319 e. The third-order valence-corrected chi connectivity index (χ3v) is 2.82. The predicted octanol–water partition coefficient (Wildman–Crippen LogP) is 4.04. The Balaban J connectivity index is 2.28. The molecule has 1 N–H and O–H groups in total. The molecule has 2 aromatic rings. The molecular formula is C14H11ClFNO. The number of hydrogen-bond donors (Lipinski definition) is 1. The van der Waals surface area contributed by atoms with Crippen LogP contribution in [-0.2, 0) is 0 Å². The van der Waals surface area contributed by atoms with Crippen LogP contribution in [0.15, 0.2) is 42.5 Å². The van der Waals surface area contributed by atoms with Gasteiger partial charge in [0.15, 0.2) is 0 Å². The molecule has 0 spiro atoms. The summed E-state index contributed by atoms with van der Waals surface area (Å²) in [7, 11) is 0. The average molecular weight is 264 g/mol. The number of aryl methyl sites for hydroxylation is 1. The monoisotopic (exact) mass is 263 g/mol. The molecule has 0 aliphatic heterocycles. The van der Waals surface area contributed by atoms with Gasteiger partial charge in [-0.1, -0.05) is 35.4 Å².